The van der Waals surface area contributed by atoms with Crippen LogP contribution in [-0.2, 0) is 9.53 Å². The Bertz CT molecular complexity index is 550. The normalized spacial score (nSPS) is 18.4. The number of anilines is 1. The quantitative estimate of drug-likeness (QED) is 0.334. The van der Waals surface area contributed by atoms with Crippen molar-refractivity contribution in [1.82, 2.24) is 0 Å². The number of nitrogens with zero attached hydrogens (tertiary/aromatic N) is 2. The number of nitro benzene ring substituents is 1. The molecule has 0 aliphatic carbocycles. The zero-order valence-corrected chi connectivity index (χ0v) is 13.9. The van der Waals surface area contributed by atoms with Gasteiger partial charge in [-0.3, -0.25) is 14.9 Å². The first-order chi connectivity index (χ1) is 10.0. The highest BCUT2D eigenvalue weighted by atomic mass is 127. The van der Waals surface area contributed by atoms with E-state index in [2.05, 4.69) is 27.5 Å². The number of ether oxygens (including phenoxy) is 1. The number of esters is 1. The van der Waals surface area contributed by atoms with Crippen LogP contribution in [0.4, 0.5) is 11.4 Å². The maximum absolute atomic E-state index is 11.9. The zero-order valence-electron chi connectivity index (χ0n) is 11.8. The second-order valence-corrected chi connectivity index (χ2v) is 6.09. The van der Waals surface area contributed by atoms with Gasteiger partial charge in [0.25, 0.3) is 5.69 Å². The van der Waals surface area contributed by atoms with Gasteiger partial charge in [0.15, 0.2) is 0 Å². The molecule has 1 aliphatic rings. The molecule has 21 heavy (non-hydrogen) atoms. The maximum Gasteiger partial charge on any atom is 0.310 e. The van der Waals surface area contributed by atoms with Crippen LogP contribution in [0.25, 0.3) is 0 Å². The minimum Gasteiger partial charge on any atom is -0.466 e. The number of halogens is 1. The first kappa shape index (κ1) is 16.0. The van der Waals surface area contributed by atoms with E-state index in [1.165, 1.54) is 6.07 Å². The molecule has 0 spiro atoms. The molecule has 1 heterocycles. The van der Waals surface area contributed by atoms with Crippen LogP contribution in [0.1, 0.15) is 19.8 Å². The van der Waals surface area contributed by atoms with Gasteiger partial charge in [0.1, 0.15) is 0 Å². The minimum absolute atomic E-state index is 0.0853. The molecule has 1 aromatic carbocycles. The van der Waals surface area contributed by atoms with Crippen LogP contribution < -0.4 is 4.90 Å². The zero-order chi connectivity index (χ0) is 15.4. The van der Waals surface area contributed by atoms with Crippen molar-refractivity contribution in [2.24, 2.45) is 5.92 Å². The number of benzene rings is 1. The molecule has 1 aliphatic heterocycles. The topological polar surface area (TPSA) is 72.7 Å². The lowest BCUT2D eigenvalue weighted by Crippen LogP contribution is -2.39. The summed E-state index contributed by atoms with van der Waals surface area (Å²) in [6, 6.07) is 4.82. The van der Waals surface area contributed by atoms with Gasteiger partial charge in [-0.1, -0.05) is 0 Å². The number of carbonyl (C=O) groups is 1. The predicted octanol–water partition coefficient (Wildman–Crippen LogP) is 2.98. The molecule has 1 atom stereocenters. The summed E-state index contributed by atoms with van der Waals surface area (Å²) in [6.07, 6.45) is 1.75. The fourth-order valence-corrected chi connectivity index (χ4v) is 3.35. The van der Waals surface area contributed by atoms with Gasteiger partial charge in [0, 0.05) is 28.8 Å². The first-order valence-corrected chi connectivity index (χ1v) is 7.96. The van der Waals surface area contributed by atoms with Crippen molar-refractivity contribution in [3.8, 4) is 0 Å². The molecule has 0 amide bonds. The summed E-state index contributed by atoms with van der Waals surface area (Å²) in [7, 11) is 0. The number of hydrogen-bond donors (Lipinski definition) is 0. The molecule has 0 saturated carbocycles. The molecule has 0 N–H and O–H groups in total. The third-order valence-corrected chi connectivity index (χ3v) is 4.39. The summed E-state index contributed by atoms with van der Waals surface area (Å²) in [6.45, 7) is 3.65. The number of piperidine rings is 1. The van der Waals surface area contributed by atoms with Gasteiger partial charge in [-0.25, -0.2) is 0 Å². The minimum atomic E-state index is -0.399. The van der Waals surface area contributed by atoms with E-state index in [0.29, 0.717) is 13.2 Å². The van der Waals surface area contributed by atoms with Crippen molar-refractivity contribution in [2.45, 2.75) is 19.8 Å². The van der Waals surface area contributed by atoms with E-state index in [4.69, 9.17) is 4.74 Å². The van der Waals surface area contributed by atoms with E-state index in [9.17, 15) is 14.9 Å². The van der Waals surface area contributed by atoms with E-state index < -0.39 is 4.92 Å². The van der Waals surface area contributed by atoms with E-state index in [0.717, 1.165) is 28.6 Å². The Morgan fingerprint density at radius 2 is 2.33 bits per heavy atom. The lowest BCUT2D eigenvalue weighted by atomic mass is 9.97. The van der Waals surface area contributed by atoms with Crippen molar-refractivity contribution in [3.05, 3.63) is 31.9 Å². The molecule has 1 unspecified atom stereocenters. The summed E-state index contributed by atoms with van der Waals surface area (Å²) in [5.74, 6) is -0.274. The third-order valence-electron chi connectivity index (χ3n) is 3.52. The largest absolute Gasteiger partial charge is 0.466 e. The monoisotopic (exact) mass is 404 g/mol. The molecule has 0 aromatic heterocycles. The molecule has 1 saturated heterocycles. The molecule has 2 rings (SSSR count). The van der Waals surface area contributed by atoms with Gasteiger partial charge < -0.3 is 9.64 Å². The number of non-ortho nitro benzene ring substituents is 1. The highest BCUT2D eigenvalue weighted by Crippen LogP contribution is 2.30. The Balaban J connectivity index is 2.14. The Morgan fingerprint density at radius 1 is 1.57 bits per heavy atom. The molecule has 7 heteroatoms. The van der Waals surface area contributed by atoms with Gasteiger partial charge in [0.05, 0.1) is 23.1 Å². The average molecular weight is 404 g/mol. The lowest BCUT2D eigenvalue weighted by Gasteiger charge is -2.33. The van der Waals surface area contributed by atoms with Crippen molar-refractivity contribution in [3.63, 3.8) is 0 Å². The van der Waals surface area contributed by atoms with Gasteiger partial charge in [0.2, 0.25) is 0 Å². The summed E-state index contributed by atoms with van der Waals surface area (Å²) in [4.78, 5) is 24.4. The van der Waals surface area contributed by atoms with E-state index >= 15 is 0 Å². The number of hydrogen-bond acceptors (Lipinski definition) is 5. The van der Waals surface area contributed by atoms with Gasteiger partial charge in [-0.2, -0.15) is 0 Å². The van der Waals surface area contributed by atoms with E-state index in [-0.39, 0.29) is 17.6 Å². The average Bonchev–Trinajstić information content (AvgIpc) is 2.47. The Labute approximate surface area is 136 Å². The van der Waals surface area contributed by atoms with Crippen molar-refractivity contribution in [1.29, 1.82) is 0 Å². The summed E-state index contributed by atoms with van der Waals surface area (Å²) in [5, 5.41) is 10.8. The van der Waals surface area contributed by atoms with Gasteiger partial charge >= 0.3 is 5.97 Å². The van der Waals surface area contributed by atoms with E-state index in [1.54, 1.807) is 19.1 Å². The van der Waals surface area contributed by atoms with Crippen molar-refractivity contribution >= 4 is 39.9 Å². The van der Waals surface area contributed by atoms with Crippen LogP contribution in [0, 0.1) is 19.6 Å². The highest BCUT2D eigenvalue weighted by molar-refractivity contribution is 14.1. The summed E-state index contributed by atoms with van der Waals surface area (Å²) >= 11 is 2.10. The number of carbonyl (C=O) groups excluding carboxylic acids is 1. The van der Waals surface area contributed by atoms with E-state index in [1.807, 2.05) is 0 Å². The fraction of sp³-hybridized carbons (Fsp3) is 0.500. The highest BCUT2D eigenvalue weighted by Gasteiger charge is 2.28. The molecule has 1 fully saturated rings. The molecular weight excluding hydrogens is 387 g/mol. The number of nitro groups is 1. The number of rotatable bonds is 4. The fourth-order valence-electron chi connectivity index (χ4n) is 2.51. The van der Waals surface area contributed by atoms with Crippen molar-refractivity contribution in [2.75, 3.05) is 24.6 Å². The smallest absolute Gasteiger partial charge is 0.310 e. The Morgan fingerprint density at radius 3 is 2.95 bits per heavy atom. The standard InChI is InChI=1S/C14H17IN2O4/c1-2-21-14(18)10-4-3-7-16(9-10)13-6-5-11(17(19)20)8-12(13)15/h5-6,8,10H,2-4,7,9H2,1H3. The molecule has 114 valence electrons. The third kappa shape index (κ3) is 3.84. The van der Waals surface area contributed by atoms with Crippen LogP contribution in [0.3, 0.4) is 0 Å². The summed E-state index contributed by atoms with van der Waals surface area (Å²) < 4.78 is 5.91. The van der Waals surface area contributed by atoms with Crippen LogP contribution in [-0.4, -0.2) is 30.6 Å². The Hall–Kier alpha value is -1.38. The summed E-state index contributed by atoms with van der Waals surface area (Å²) in [5.41, 5.74) is 1.03. The maximum atomic E-state index is 11.9. The van der Waals surface area contributed by atoms with Crippen LogP contribution in [0.5, 0.6) is 0 Å². The van der Waals surface area contributed by atoms with Gasteiger partial charge in [-0.05, 0) is 48.4 Å². The van der Waals surface area contributed by atoms with Crippen LogP contribution in [0.15, 0.2) is 18.2 Å². The second-order valence-electron chi connectivity index (χ2n) is 4.93. The first-order valence-electron chi connectivity index (χ1n) is 6.88. The lowest BCUT2D eigenvalue weighted by molar-refractivity contribution is -0.384. The van der Waals surface area contributed by atoms with Crippen LogP contribution in [0.2, 0.25) is 0 Å². The molecule has 1 aromatic rings. The molecule has 6 nitrogen and oxygen atoms in total. The molecule has 0 radical (unpaired) electrons. The molecule has 0 bridgehead atoms. The second kappa shape index (κ2) is 7.06. The Kier molecular flexibility index (Phi) is 5.38. The SMILES string of the molecule is CCOC(=O)C1CCCN(c2ccc([N+](=O)[O-])cc2I)C1. The predicted molar refractivity (Wildman–Crippen MR) is 87.4 cm³/mol. The van der Waals surface area contributed by atoms with Crippen LogP contribution >= 0.6 is 22.6 Å². The van der Waals surface area contributed by atoms with Crippen molar-refractivity contribution < 1.29 is 14.5 Å². The molecular formula is C14H17IN2O4. The van der Waals surface area contributed by atoms with Gasteiger partial charge in [-0.15, -0.1) is 0 Å².